The number of hydrogen-bond donors (Lipinski definition) is 1. The molecule has 0 aliphatic carbocycles. The number of likely N-dealkylation sites (tertiary alicyclic amines) is 2. The predicted molar refractivity (Wildman–Crippen MR) is 77.9 cm³/mol. The van der Waals surface area contributed by atoms with E-state index in [1.165, 1.54) is 44.9 Å². The van der Waals surface area contributed by atoms with Gasteiger partial charge in [-0.3, -0.25) is 9.69 Å². The molecule has 110 valence electrons. The van der Waals surface area contributed by atoms with Crippen molar-refractivity contribution in [1.29, 1.82) is 0 Å². The minimum atomic E-state index is 0.257. The molecular formula is C15H29N3O. The summed E-state index contributed by atoms with van der Waals surface area (Å²) in [6.07, 6.45) is 9.41. The first-order valence-electron chi connectivity index (χ1n) is 8.03. The summed E-state index contributed by atoms with van der Waals surface area (Å²) in [5, 5.41) is 0. The van der Waals surface area contributed by atoms with Gasteiger partial charge < -0.3 is 10.6 Å². The third-order valence-corrected chi connectivity index (χ3v) is 4.55. The van der Waals surface area contributed by atoms with Crippen molar-refractivity contribution in [2.75, 3.05) is 32.7 Å². The Labute approximate surface area is 117 Å². The zero-order valence-electron chi connectivity index (χ0n) is 12.1. The van der Waals surface area contributed by atoms with Gasteiger partial charge in [0.2, 0.25) is 5.91 Å². The summed E-state index contributed by atoms with van der Waals surface area (Å²) < 4.78 is 0. The second-order valence-corrected chi connectivity index (χ2v) is 5.99. The molecule has 1 unspecified atom stereocenters. The van der Waals surface area contributed by atoms with E-state index in [0.717, 1.165) is 26.2 Å². The Morgan fingerprint density at radius 2 is 1.42 bits per heavy atom. The molecule has 0 bridgehead atoms. The molecule has 2 N–H and O–H groups in total. The van der Waals surface area contributed by atoms with E-state index in [2.05, 4.69) is 4.90 Å². The molecule has 1 atom stereocenters. The highest BCUT2D eigenvalue weighted by Crippen LogP contribution is 2.16. The van der Waals surface area contributed by atoms with Crippen molar-refractivity contribution in [3.05, 3.63) is 0 Å². The molecular weight excluding hydrogens is 238 g/mol. The summed E-state index contributed by atoms with van der Waals surface area (Å²) in [5.41, 5.74) is 5.92. The van der Waals surface area contributed by atoms with Crippen molar-refractivity contribution in [2.24, 2.45) is 5.73 Å². The van der Waals surface area contributed by atoms with Crippen molar-refractivity contribution in [2.45, 2.75) is 57.4 Å². The van der Waals surface area contributed by atoms with Crippen molar-refractivity contribution in [3.8, 4) is 0 Å². The summed E-state index contributed by atoms with van der Waals surface area (Å²) in [7, 11) is 0. The first-order valence-corrected chi connectivity index (χ1v) is 8.03. The van der Waals surface area contributed by atoms with Gasteiger partial charge in [0.05, 0.1) is 0 Å². The SMILES string of the molecule is NCC(CC(=O)N1CCCCC1)N1CCCCCC1. The number of nitrogens with two attached hydrogens (primary N) is 1. The maximum absolute atomic E-state index is 12.3. The summed E-state index contributed by atoms with van der Waals surface area (Å²) >= 11 is 0. The molecule has 2 aliphatic rings. The standard InChI is InChI=1S/C15H29N3O/c16-13-14(17-8-4-1-2-5-9-17)12-15(19)18-10-6-3-7-11-18/h14H,1-13,16H2. The van der Waals surface area contributed by atoms with E-state index in [1.807, 2.05) is 4.90 Å². The van der Waals surface area contributed by atoms with E-state index < -0.39 is 0 Å². The highest BCUT2D eigenvalue weighted by atomic mass is 16.2. The normalized spacial score (nSPS) is 23.9. The number of nitrogens with zero attached hydrogens (tertiary/aromatic N) is 2. The Kier molecular flexibility index (Phi) is 6.11. The molecule has 19 heavy (non-hydrogen) atoms. The molecule has 0 radical (unpaired) electrons. The monoisotopic (exact) mass is 267 g/mol. The lowest BCUT2D eigenvalue weighted by Crippen LogP contribution is -2.46. The molecule has 0 aromatic rings. The second kappa shape index (κ2) is 7.85. The van der Waals surface area contributed by atoms with E-state index >= 15 is 0 Å². The summed E-state index contributed by atoms with van der Waals surface area (Å²) in [5.74, 6) is 0.319. The maximum atomic E-state index is 12.3. The number of piperidine rings is 1. The van der Waals surface area contributed by atoms with Crippen LogP contribution in [0.15, 0.2) is 0 Å². The van der Waals surface area contributed by atoms with Crippen molar-refractivity contribution in [3.63, 3.8) is 0 Å². The largest absolute Gasteiger partial charge is 0.343 e. The van der Waals surface area contributed by atoms with Gasteiger partial charge in [-0.15, -0.1) is 0 Å². The lowest BCUT2D eigenvalue weighted by atomic mass is 10.1. The van der Waals surface area contributed by atoms with Gasteiger partial charge >= 0.3 is 0 Å². The van der Waals surface area contributed by atoms with Crippen LogP contribution in [0.5, 0.6) is 0 Å². The number of carbonyl (C=O) groups is 1. The first kappa shape index (κ1) is 14.8. The van der Waals surface area contributed by atoms with E-state index in [-0.39, 0.29) is 6.04 Å². The second-order valence-electron chi connectivity index (χ2n) is 5.99. The van der Waals surface area contributed by atoms with Crippen LogP contribution in [0, 0.1) is 0 Å². The average molecular weight is 267 g/mol. The lowest BCUT2D eigenvalue weighted by Gasteiger charge is -2.32. The molecule has 2 rings (SSSR count). The molecule has 4 nitrogen and oxygen atoms in total. The van der Waals surface area contributed by atoms with Crippen LogP contribution in [0.3, 0.4) is 0 Å². The fraction of sp³-hybridized carbons (Fsp3) is 0.933. The van der Waals surface area contributed by atoms with Gasteiger partial charge in [-0.2, -0.15) is 0 Å². The highest BCUT2D eigenvalue weighted by Gasteiger charge is 2.24. The van der Waals surface area contributed by atoms with Gasteiger partial charge in [0.1, 0.15) is 0 Å². The Morgan fingerprint density at radius 1 is 0.895 bits per heavy atom. The van der Waals surface area contributed by atoms with Crippen LogP contribution in [-0.4, -0.2) is 54.5 Å². The fourth-order valence-corrected chi connectivity index (χ4v) is 3.30. The average Bonchev–Trinajstić information content (AvgIpc) is 2.74. The van der Waals surface area contributed by atoms with E-state index in [9.17, 15) is 4.79 Å². The zero-order chi connectivity index (χ0) is 13.5. The maximum Gasteiger partial charge on any atom is 0.224 e. The Hall–Kier alpha value is -0.610. The minimum Gasteiger partial charge on any atom is -0.343 e. The van der Waals surface area contributed by atoms with Gasteiger partial charge in [0.25, 0.3) is 0 Å². The molecule has 2 heterocycles. The topological polar surface area (TPSA) is 49.6 Å². The number of amides is 1. The Bertz CT molecular complexity index is 269. The predicted octanol–water partition coefficient (Wildman–Crippen LogP) is 1.59. The fourth-order valence-electron chi connectivity index (χ4n) is 3.30. The third-order valence-electron chi connectivity index (χ3n) is 4.55. The quantitative estimate of drug-likeness (QED) is 0.841. The lowest BCUT2D eigenvalue weighted by molar-refractivity contribution is -0.133. The molecule has 2 aliphatic heterocycles. The third kappa shape index (κ3) is 4.46. The molecule has 1 amide bonds. The van der Waals surface area contributed by atoms with Gasteiger partial charge in [0.15, 0.2) is 0 Å². The summed E-state index contributed by atoms with van der Waals surface area (Å²) in [6, 6.07) is 0.257. The molecule has 2 saturated heterocycles. The molecule has 0 aromatic carbocycles. The first-order chi connectivity index (χ1) is 9.31. The highest BCUT2D eigenvalue weighted by molar-refractivity contribution is 5.76. The van der Waals surface area contributed by atoms with Gasteiger partial charge in [0, 0.05) is 32.1 Å². The van der Waals surface area contributed by atoms with Crippen LogP contribution < -0.4 is 5.73 Å². The van der Waals surface area contributed by atoms with Crippen molar-refractivity contribution < 1.29 is 4.79 Å². The van der Waals surface area contributed by atoms with Crippen LogP contribution in [0.2, 0.25) is 0 Å². The van der Waals surface area contributed by atoms with Crippen molar-refractivity contribution >= 4 is 5.91 Å². The number of rotatable bonds is 4. The molecule has 0 saturated carbocycles. The number of carbonyl (C=O) groups excluding carboxylic acids is 1. The van der Waals surface area contributed by atoms with Gasteiger partial charge in [-0.25, -0.2) is 0 Å². The Morgan fingerprint density at radius 3 is 2.00 bits per heavy atom. The summed E-state index contributed by atoms with van der Waals surface area (Å²) in [6.45, 7) is 4.76. The minimum absolute atomic E-state index is 0.257. The van der Waals surface area contributed by atoms with Crippen molar-refractivity contribution in [1.82, 2.24) is 9.80 Å². The molecule has 0 spiro atoms. The van der Waals surface area contributed by atoms with E-state index in [4.69, 9.17) is 5.73 Å². The smallest absolute Gasteiger partial charge is 0.224 e. The summed E-state index contributed by atoms with van der Waals surface area (Å²) in [4.78, 5) is 16.8. The molecule has 4 heteroatoms. The Balaban J connectivity index is 1.84. The van der Waals surface area contributed by atoms with Crippen LogP contribution in [-0.2, 0) is 4.79 Å². The van der Waals surface area contributed by atoms with E-state index in [0.29, 0.717) is 18.9 Å². The van der Waals surface area contributed by atoms with E-state index in [1.54, 1.807) is 0 Å². The van der Waals surface area contributed by atoms with Crippen LogP contribution in [0.1, 0.15) is 51.4 Å². The number of hydrogen-bond acceptors (Lipinski definition) is 3. The zero-order valence-corrected chi connectivity index (χ0v) is 12.1. The van der Waals surface area contributed by atoms with Crippen LogP contribution in [0.25, 0.3) is 0 Å². The van der Waals surface area contributed by atoms with Gasteiger partial charge in [-0.05, 0) is 45.2 Å². The molecule has 2 fully saturated rings. The molecule has 0 aromatic heterocycles. The van der Waals surface area contributed by atoms with Crippen LogP contribution in [0.4, 0.5) is 0 Å². The van der Waals surface area contributed by atoms with Gasteiger partial charge in [-0.1, -0.05) is 12.8 Å². The van der Waals surface area contributed by atoms with Crippen LogP contribution >= 0.6 is 0 Å².